The fourth-order valence-corrected chi connectivity index (χ4v) is 3.54. The van der Waals surface area contributed by atoms with Crippen LogP contribution in [0.25, 0.3) is 0 Å². The summed E-state index contributed by atoms with van der Waals surface area (Å²) >= 11 is 7.33. The lowest BCUT2D eigenvalue weighted by Crippen LogP contribution is -2.29. The zero-order chi connectivity index (χ0) is 16.4. The van der Waals surface area contributed by atoms with Crippen LogP contribution in [0, 0.1) is 10.1 Å². The fraction of sp³-hybridized carbons (Fsp3) is 0.462. The van der Waals surface area contributed by atoms with E-state index in [2.05, 4.69) is 20.5 Å². The van der Waals surface area contributed by atoms with E-state index >= 15 is 0 Å². The summed E-state index contributed by atoms with van der Waals surface area (Å²) in [6.45, 7) is 1.94. The molecule has 0 aliphatic carbocycles. The molecule has 1 atom stereocenters. The molecule has 0 aromatic carbocycles. The van der Waals surface area contributed by atoms with E-state index in [4.69, 9.17) is 11.6 Å². The van der Waals surface area contributed by atoms with E-state index in [1.54, 1.807) is 0 Å². The Balaban J connectivity index is 1.81. The third-order valence-corrected chi connectivity index (χ3v) is 5.18. The van der Waals surface area contributed by atoms with Crippen molar-refractivity contribution in [2.75, 3.05) is 13.1 Å². The minimum Gasteiger partial charge on any atom is -0.316 e. The highest BCUT2D eigenvalue weighted by Gasteiger charge is 2.22. The van der Waals surface area contributed by atoms with Crippen molar-refractivity contribution in [3.8, 4) is 0 Å². The second kappa shape index (κ2) is 6.81. The van der Waals surface area contributed by atoms with Gasteiger partial charge >= 0.3 is 0 Å². The quantitative estimate of drug-likeness (QED) is 0.664. The van der Waals surface area contributed by atoms with Gasteiger partial charge in [-0.15, -0.1) is 10.2 Å². The third kappa shape index (κ3) is 3.46. The van der Waals surface area contributed by atoms with Gasteiger partial charge in [0.25, 0.3) is 5.69 Å². The zero-order valence-corrected chi connectivity index (χ0v) is 14.0. The smallest absolute Gasteiger partial charge is 0.289 e. The largest absolute Gasteiger partial charge is 0.316 e. The van der Waals surface area contributed by atoms with Crippen LogP contribution in [0.5, 0.6) is 0 Å². The molecule has 0 amide bonds. The van der Waals surface area contributed by atoms with Gasteiger partial charge in [-0.1, -0.05) is 11.6 Å². The van der Waals surface area contributed by atoms with Crippen LogP contribution in [0.3, 0.4) is 0 Å². The van der Waals surface area contributed by atoms with Crippen LogP contribution in [0.1, 0.15) is 24.6 Å². The lowest BCUT2D eigenvalue weighted by atomic mass is 9.99. The second-order valence-corrected chi connectivity index (χ2v) is 6.65. The van der Waals surface area contributed by atoms with Gasteiger partial charge in [0.05, 0.1) is 9.95 Å². The predicted molar refractivity (Wildman–Crippen MR) is 85.9 cm³/mol. The van der Waals surface area contributed by atoms with Gasteiger partial charge in [0.15, 0.2) is 5.16 Å². The molecule has 2 aromatic rings. The van der Waals surface area contributed by atoms with Crippen LogP contribution >= 0.6 is 23.4 Å². The van der Waals surface area contributed by atoms with Crippen LogP contribution in [-0.2, 0) is 7.05 Å². The van der Waals surface area contributed by atoms with E-state index in [1.165, 1.54) is 24.0 Å². The molecule has 3 heterocycles. The monoisotopic (exact) mass is 354 g/mol. The van der Waals surface area contributed by atoms with Crippen LogP contribution < -0.4 is 5.32 Å². The Morgan fingerprint density at radius 3 is 3.00 bits per heavy atom. The molecule has 1 saturated heterocycles. The van der Waals surface area contributed by atoms with Gasteiger partial charge in [0.2, 0.25) is 0 Å². The SMILES string of the molecule is Cn1c(Sc2ncc([N+](=O)[O-])cc2Cl)nnc1C1CCCNC1. The van der Waals surface area contributed by atoms with Crippen molar-refractivity contribution in [2.45, 2.75) is 28.9 Å². The topological polar surface area (TPSA) is 98.8 Å². The maximum absolute atomic E-state index is 10.7. The van der Waals surface area contributed by atoms with E-state index in [0.717, 1.165) is 31.8 Å². The highest BCUT2D eigenvalue weighted by atomic mass is 35.5. The van der Waals surface area contributed by atoms with E-state index in [9.17, 15) is 10.1 Å². The number of nitrogens with zero attached hydrogens (tertiary/aromatic N) is 5. The summed E-state index contributed by atoms with van der Waals surface area (Å²) in [5, 5.41) is 23.9. The van der Waals surface area contributed by atoms with Gasteiger partial charge in [0, 0.05) is 25.6 Å². The Morgan fingerprint density at radius 1 is 1.52 bits per heavy atom. The molecule has 23 heavy (non-hydrogen) atoms. The van der Waals surface area contributed by atoms with Gasteiger partial charge < -0.3 is 9.88 Å². The average Bonchev–Trinajstić information content (AvgIpc) is 2.91. The first-order chi connectivity index (χ1) is 11.1. The number of hydrogen-bond acceptors (Lipinski definition) is 7. The number of nitrogens with one attached hydrogen (secondary N) is 1. The summed E-state index contributed by atoms with van der Waals surface area (Å²) in [4.78, 5) is 14.3. The summed E-state index contributed by atoms with van der Waals surface area (Å²) in [5.41, 5.74) is -0.133. The van der Waals surface area contributed by atoms with E-state index < -0.39 is 4.92 Å². The summed E-state index contributed by atoms with van der Waals surface area (Å²) in [6, 6.07) is 1.29. The lowest BCUT2D eigenvalue weighted by Gasteiger charge is -2.21. The highest BCUT2D eigenvalue weighted by Crippen LogP contribution is 2.33. The second-order valence-electron chi connectivity index (χ2n) is 5.28. The summed E-state index contributed by atoms with van der Waals surface area (Å²) in [6.07, 6.45) is 3.40. The fourth-order valence-electron chi connectivity index (χ4n) is 2.52. The number of rotatable bonds is 4. The first-order valence-electron chi connectivity index (χ1n) is 7.14. The Bertz CT molecular complexity index is 731. The lowest BCUT2D eigenvalue weighted by molar-refractivity contribution is -0.385. The first-order valence-corrected chi connectivity index (χ1v) is 8.33. The number of aromatic nitrogens is 4. The molecular formula is C13H15ClN6O2S. The average molecular weight is 355 g/mol. The van der Waals surface area contributed by atoms with Crippen molar-refractivity contribution in [1.29, 1.82) is 0 Å². The maximum atomic E-state index is 10.7. The Labute approximate surface area is 141 Å². The van der Waals surface area contributed by atoms with Crippen molar-refractivity contribution in [1.82, 2.24) is 25.1 Å². The Hall–Kier alpha value is -1.71. The molecule has 0 radical (unpaired) electrons. The van der Waals surface area contributed by atoms with Crippen molar-refractivity contribution < 1.29 is 4.92 Å². The molecule has 8 nitrogen and oxygen atoms in total. The number of hydrogen-bond donors (Lipinski definition) is 1. The molecule has 1 aliphatic rings. The normalized spacial score (nSPS) is 18.1. The highest BCUT2D eigenvalue weighted by molar-refractivity contribution is 7.99. The molecule has 0 spiro atoms. The van der Waals surface area contributed by atoms with Crippen molar-refractivity contribution >= 4 is 29.1 Å². The minimum absolute atomic E-state index is 0.133. The summed E-state index contributed by atoms with van der Waals surface area (Å²) in [5.74, 6) is 1.27. The molecular weight excluding hydrogens is 340 g/mol. The van der Waals surface area contributed by atoms with E-state index in [1.807, 2.05) is 11.6 Å². The number of halogens is 1. The maximum Gasteiger partial charge on any atom is 0.289 e. The molecule has 10 heteroatoms. The number of nitro groups is 1. The number of piperidine rings is 1. The number of pyridine rings is 1. The molecule has 0 saturated carbocycles. The molecule has 1 aliphatic heterocycles. The molecule has 1 unspecified atom stereocenters. The van der Waals surface area contributed by atoms with Gasteiger partial charge in [-0.25, -0.2) is 4.98 Å². The van der Waals surface area contributed by atoms with Crippen molar-refractivity contribution in [2.24, 2.45) is 7.05 Å². The van der Waals surface area contributed by atoms with Crippen molar-refractivity contribution in [3.05, 3.63) is 33.2 Å². The Morgan fingerprint density at radius 2 is 2.35 bits per heavy atom. The summed E-state index contributed by atoms with van der Waals surface area (Å²) < 4.78 is 1.93. The standard InChI is InChI=1S/C13H15ClN6O2S/c1-19-11(8-3-2-4-15-6-8)17-18-13(19)23-12-10(14)5-9(7-16-12)20(21)22/h5,7-8,15H,2-4,6H2,1H3. The molecule has 122 valence electrons. The van der Waals surface area contributed by atoms with Crippen LogP contribution in [-0.4, -0.2) is 37.8 Å². The Kier molecular flexibility index (Phi) is 4.79. The van der Waals surface area contributed by atoms with Gasteiger partial charge in [-0.05, 0) is 31.1 Å². The minimum atomic E-state index is -0.524. The van der Waals surface area contributed by atoms with Crippen LogP contribution in [0.2, 0.25) is 5.02 Å². The van der Waals surface area contributed by atoms with E-state index in [-0.39, 0.29) is 10.7 Å². The van der Waals surface area contributed by atoms with Crippen LogP contribution in [0.4, 0.5) is 5.69 Å². The molecule has 3 rings (SSSR count). The van der Waals surface area contributed by atoms with Gasteiger partial charge in [-0.2, -0.15) is 0 Å². The van der Waals surface area contributed by atoms with Crippen molar-refractivity contribution in [3.63, 3.8) is 0 Å². The predicted octanol–water partition coefficient (Wildman–Crippen LogP) is 2.39. The van der Waals surface area contributed by atoms with Gasteiger partial charge in [-0.3, -0.25) is 10.1 Å². The molecule has 1 N–H and O–H groups in total. The van der Waals surface area contributed by atoms with Crippen LogP contribution in [0.15, 0.2) is 22.4 Å². The first kappa shape index (κ1) is 16.2. The molecule has 0 bridgehead atoms. The summed E-state index contributed by atoms with van der Waals surface area (Å²) in [7, 11) is 1.91. The van der Waals surface area contributed by atoms with Gasteiger partial charge in [0.1, 0.15) is 17.0 Å². The third-order valence-electron chi connectivity index (χ3n) is 3.72. The van der Waals surface area contributed by atoms with E-state index in [0.29, 0.717) is 16.1 Å². The molecule has 1 fully saturated rings. The molecule has 2 aromatic heterocycles. The zero-order valence-electron chi connectivity index (χ0n) is 12.4.